The summed E-state index contributed by atoms with van der Waals surface area (Å²) in [5, 5.41) is 0. The molecule has 3 fully saturated rings. The topological polar surface area (TPSA) is 101 Å². The number of allylic oxidation sites excluding steroid dienone is 2. The first-order valence-corrected chi connectivity index (χ1v) is 10.7. The van der Waals surface area contributed by atoms with Crippen molar-refractivity contribution in [2.45, 2.75) is 13.1 Å². The molecule has 4 unspecified atom stereocenters. The Morgan fingerprint density at radius 3 is 1.31 bits per heavy atom. The van der Waals surface area contributed by atoms with Gasteiger partial charge in [-0.1, -0.05) is 24.3 Å². The van der Waals surface area contributed by atoms with Gasteiger partial charge in [0, 0.05) is 36.6 Å². The second kappa shape index (κ2) is 6.91. The van der Waals surface area contributed by atoms with E-state index in [1.807, 2.05) is 24.3 Å². The van der Waals surface area contributed by atoms with Crippen LogP contribution < -0.4 is 0 Å². The molecule has 2 aliphatic heterocycles. The van der Waals surface area contributed by atoms with E-state index in [0.29, 0.717) is 0 Å². The van der Waals surface area contributed by atoms with Crippen LogP contribution in [-0.4, -0.2) is 43.4 Å². The lowest BCUT2D eigenvalue weighted by molar-refractivity contribution is -0.140. The normalized spacial score (nSPS) is 32.6. The van der Waals surface area contributed by atoms with Crippen LogP contribution in [0.1, 0.15) is 11.1 Å². The summed E-state index contributed by atoms with van der Waals surface area (Å²) in [6.07, 6.45) is 10.3. The summed E-state index contributed by atoms with van der Waals surface area (Å²) in [4.78, 5) is 64.0. The molecule has 2 aromatic heterocycles. The number of carbonyl (C=O) groups is 4. The van der Waals surface area contributed by atoms with Crippen molar-refractivity contribution in [2.75, 3.05) is 0 Å². The van der Waals surface area contributed by atoms with Gasteiger partial charge in [-0.3, -0.25) is 38.9 Å². The lowest BCUT2D eigenvalue weighted by atomic mass is 9.54. The number of rotatable bonds is 4. The Kier molecular flexibility index (Phi) is 4.11. The maximum absolute atomic E-state index is 13.3. The Balaban J connectivity index is 1.31. The summed E-state index contributed by atoms with van der Waals surface area (Å²) < 4.78 is 0. The van der Waals surface area contributed by atoms with Crippen molar-refractivity contribution in [1.29, 1.82) is 0 Å². The molecule has 2 saturated heterocycles. The molecular weight excluding hydrogens is 408 g/mol. The summed E-state index contributed by atoms with van der Waals surface area (Å²) >= 11 is 0. The quantitative estimate of drug-likeness (QED) is 0.536. The van der Waals surface area contributed by atoms with Crippen molar-refractivity contribution >= 4 is 23.6 Å². The van der Waals surface area contributed by atoms with Crippen molar-refractivity contribution in [3.63, 3.8) is 0 Å². The third-order valence-electron chi connectivity index (χ3n) is 7.32. The standard InChI is InChI=1S/C24H20N4O4/c29-21-17-15-5-6-16(18(17)22(30)27(21)11-13-3-1-7-25-9-13)20-19(15)23(31)28(24(20)32)12-14-4-2-8-26-10-14/h1-10,15-20H,11-12H2/t15?,16?,17-,18?,19+,20?. The van der Waals surface area contributed by atoms with Crippen molar-refractivity contribution < 1.29 is 19.2 Å². The van der Waals surface area contributed by atoms with E-state index in [1.54, 1.807) is 36.9 Å². The molecule has 5 aliphatic rings. The number of hydrogen-bond acceptors (Lipinski definition) is 6. The predicted octanol–water partition coefficient (Wildman–Crippen LogP) is 1.20. The van der Waals surface area contributed by atoms with Gasteiger partial charge in [-0.25, -0.2) is 0 Å². The van der Waals surface area contributed by atoms with Crippen LogP contribution in [0, 0.1) is 35.5 Å². The highest BCUT2D eigenvalue weighted by molar-refractivity contribution is 6.10. The fourth-order valence-corrected chi connectivity index (χ4v) is 6.01. The maximum Gasteiger partial charge on any atom is 0.234 e. The number of aromatic nitrogens is 2. The van der Waals surface area contributed by atoms with Crippen LogP contribution in [0.5, 0.6) is 0 Å². The lowest BCUT2D eigenvalue weighted by Gasteiger charge is -2.44. The first-order chi connectivity index (χ1) is 15.6. The van der Waals surface area contributed by atoms with Crippen LogP contribution in [0.3, 0.4) is 0 Å². The van der Waals surface area contributed by atoms with Gasteiger partial charge in [-0.15, -0.1) is 0 Å². The number of likely N-dealkylation sites (tertiary alicyclic amines) is 2. The van der Waals surface area contributed by atoms with E-state index in [2.05, 4.69) is 9.97 Å². The molecule has 4 amide bonds. The zero-order chi connectivity index (χ0) is 22.0. The van der Waals surface area contributed by atoms with E-state index >= 15 is 0 Å². The van der Waals surface area contributed by atoms with Gasteiger partial charge in [-0.05, 0) is 23.3 Å². The number of carbonyl (C=O) groups excluding carboxylic acids is 4. The SMILES string of the molecule is O=C1C2C3C=CC([C@@H]2C(=O)N1Cc1cccnc1)[C@H]1C(=O)N(Cc2cccnc2)C(=O)C31. The van der Waals surface area contributed by atoms with Crippen molar-refractivity contribution in [2.24, 2.45) is 35.5 Å². The molecule has 8 heteroatoms. The zero-order valence-electron chi connectivity index (χ0n) is 17.1. The van der Waals surface area contributed by atoms with Gasteiger partial charge < -0.3 is 0 Å². The number of amides is 4. The molecule has 8 nitrogen and oxygen atoms in total. The van der Waals surface area contributed by atoms with Gasteiger partial charge in [0.05, 0.1) is 36.8 Å². The van der Waals surface area contributed by atoms with E-state index in [0.717, 1.165) is 11.1 Å². The van der Waals surface area contributed by atoms with Gasteiger partial charge in [0.2, 0.25) is 23.6 Å². The number of nitrogens with zero attached hydrogens (tertiary/aromatic N) is 4. The average molecular weight is 428 g/mol. The minimum absolute atomic E-state index is 0.155. The molecular formula is C24H20N4O4. The zero-order valence-corrected chi connectivity index (χ0v) is 17.1. The van der Waals surface area contributed by atoms with Crippen LogP contribution in [-0.2, 0) is 32.3 Å². The molecule has 7 rings (SSSR count). The average Bonchev–Trinajstić information content (AvgIpc) is 3.24. The molecule has 3 aliphatic carbocycles. The van der Waals surface area contributed by atoms with Gasteiger partial charge in [-0.2, -0.15) is 0 Å². The predicted molar refractivity (Wildman–Crippen MR) is 110 cm³/mol. The summed E-state index contributed by atoms with van der Waals surface area (Å²) in [6, 6.07) is 7.16. The maximum atomic E-state index is 13.3. The molecule has 4 heterocycles. The molecule has 2 aromatic rings. The first-order valence-electron chi connectivity index (χ1n) is 10.7. The highest BCUT2D eigenvalue weighted by Crippen LogP contribution is 2.58. The molecule has 32 heavy (non-hydrogen) atoms. The Hall–Kier alpha value is -3.68. The summed E-state index contributed by atoms with van der Waals surface area (Å²) in [6.45, 7) is 0.310. The fourth-order valence-electron chi connectivity index (χ4n) is 6.01. The highest BCUT2D eigenvalue weighted by Gasteiger charge is 2.68. The lowest BCUT2D eigenvalue weighted by Crippen LogP contribution is -2.50. The molecule has 2 bridgehead atoms. The van der Waals surface area contributed by atoms with Crippen LogP contribution in [0.4, 0.5) is 0 Å². The Morgan fingerprint density at radius 2 is 1.00 bits per heavy atom. The van der Waals surface area contributed by atoms with E-state index < -0.39 is 35.5 Å². The molecule has 0 spiro atoms. The van der Waals surface area contributed by atoms with Crippen molar-refractivity contribution in [3.8, 4) is 0 Å². The largest absolute Gasteiger partial charge is 0.278 e. The molecule has 0 N–H and O–H groups in total. The monoisotopic (exact) mass is 428 g/mol. The molecule has 6 atom stereocenters. The highest BCUT2D eigenvalue weighted by atomic mass is 16.2. The van der Waals surface area contributed by atoms with Crippen LogP contribution in [0.25, 0.3) is 0 Å². The number of hydrogen-bond donors (Lipinski definition) is 0. The van der Waals surface area contributed by atoms with Crippen LogP contribution >= 0.6 is 0 Å². The van der Waals surface area contributed by atoms with E-state index in [4.69, 9.17) is 0 Å². The summed E-state index contributed by atoms with van der Waals surface area (Å²) in [5.74, 6) is -4.28. The van der Waals surface area contributed by atoms with Crippen LogP contribution in [0.15, 0.2) is 61.2 Å². The Morgan fingerprint density at radius 1 is 0.625 bits per heavy atom. The Labute approximate surface area is 183 Å². The third kappa shape index (κ3) is 2.55. The number of pyridine rings is 2. The van der Waals surface area contributed by atoms with Gasteiger partial charge >= 0.3 is 0 Å². The summed E-state index contributed by atoms with van der Waals surface area (Å²) in [7, 11) is 0. The van der Waals surface area contributed by atoms with Gasteiger partial charge in [0.15, 0.2) is 0 Å². The van der Waals surface area contributed by atoms with E-state index in [1.165, 1.54) is 9.80 Å². The molecule has 160 valence electrons. The van der Waals surface area contributed by atoms with E-state index in [9.17, 15) is 19.2 Å². The third-order valence-corrected chi connectivity index (χ3v) is 7.32. The minimum atomic E-state index is -0.592. The van der Waals surface area contributed by atoms with Crippen LogP contribution in [0.2, 0.25) is 0 Å². The minimum Gasteiger partial charge on any atom is -0.278 e. The first kappa shape index (κ1) is 19.0. The molecule has 0 aromatic carbocycles. The summed E-state index contributed by atoms with van der Waals surface area (Å²) in [5.41, 5.74) is 1.53. The van der Waals surface area contributed by atoms with Gasteiger partial charge in [0.1, 0.15) is 0 Å². The second-order valence-corrected chi connectivity index (χ2v) is 8.89. The van der Waals surface area contributed by atoms with Gasteiger partial charge in [0.25, 0.3) is 0 Å². The smallest absolute Gasteiger partial charge is 0.234 e. The molecule has 0 radical (unpaired) electrons. The fraction of sp³-hybridized carbons (Fsp3) is 0.333. The van der Waals surface area contributed by atoms with E-state index in [-0.39, 0.29) is 36.7 Å². The second-order valence-electron chi connectivity index (χ2n) is 8.89. The number of imide groups is 2. The molecule has 1 saturated carbocycles. The van der Waals surface area contributed by atoms with Crippen molar-refractivity contribution in [1.82, 2.24) is 19.8 Å². The van der Waals surface area contributed by atoms with Crippen molar-refractivity contribution in [3.05, 3.63) is 72.3 Å². The Bertz CT molecular complexity index is 1030.